The van der Waals surface area contributed by atoms with Gasteiger partial charge in [-0.3, -0.25) is 9.89 Å². The number of carbonyl (C=O) groups excluding carboxylic acids is 1. The number of hydrogen-bond donors (Lipinski definition) is 1. The van der Waals surface area contributed by atoms with Crippen molar-refractivity contribution in [3.05, 3.63) is 17.0 Å². The van der Waals surface area contributed by atoms with E-state index in [-0.39, 0.29) is 5.91 Å². The van der Waals surface area contributed by atoms with Crippen LogP contribution in [0.4, 0.5) is 0 Å². The van der Waals surface area contributed by atoms with Crippen molar-refractivity contribution in [1.82, 2.24) is 15.1 Å². The van der Waals surface area contributed by atoms with Gasteiger partial charge in [0.05, 0.1) is 5.69 Å². The second-order valence-electron chi connectivity index (χ2n) is 4.15. The number of H-pyrrole nitrogens is 1. The van der Waals surface area contributed by atoms with Crippen LogP contribution >= 0.6 is 0 Å². The van der Waals surface area contributed by atoms with Crippen LogP contribution in [0.3, 0.4) is 0 Å². The molecule has 0 aliphatic carbocycles. The van der Waals surface area contributed by atoms with Gasteiger partial charge in [-0.2, -0.15) is 5.10 Å². The summed E-state index contributed by atoms with van der Waals surface area (Å²) in [4.78, 5) is 13.6. The number of aromatic amines is 1. The molecule has 2 rings (SSSR count). The first kappa shape index (κ1) is 10.2. The van der Waals surface area contributed by atoms with Crippen molar-refractivity contribution in [3.8, 4) is 0 Å². The standard InChI is InChI=1S/C11H17N3O/c1-8-10(9(2)13-12-8)4-5-11(15)14-6-3-7-14/h3-7H2,1-2H3,(H,12,13). The van der Waals surface area contributed by atoms with Crippen LogP contribution in [0, 0.1) is 13.8 Å². The molecular formula is C11H17N3O. The van der Waals surface area contributed by atoms with E-state index in [4.69, 9.17) is 0 Å². The fraction of sp³-hybridized carbons (Fsp3) is 0.636. The zero-order chi connectivity index (χ0) is 10.8. The van der Waals surface area contributed by atoms with E-state index in [1.54, 1.807) is 0 Å². The van der Waals surface area contributed by atoms with Crippen molar-refractivity contribution in [3.63, 3.8) is 0 Å². The molecule has 0 saturated carbocycles. The van der Waals surface area contributed by atoms with Gasteiger partial charge in [0.15, 0.2) is 0 Å². The highest BCUT2D eigenvalue weighted by molar-refractivity contribution is 5.77. The molecule has 82 valence electrons. The summed E-state index contributed by atoms with van der Waals surface area (Å²) in [6.07, 6.45) is 2.58. The number of hydrogen-bond acceptors (Lipinski definition) is 2. The number of aryl methyl sites for hydroxylation is 2. The normalized spacial score (nSPS) is 15.2. The molecular weight excluding hydrogens is 190 g/mol. The van der Waals surface area contributed by atoms with E-state index in [2.05, 4.69) is 10.2 Å². The molecule has 1 aromatic heterocycles. The first-order chi connectivity index (χ1) is 7.18. The van der Waals surface area contributed by atoms with Crippen LogP contribution in [0.5, 0.6) is 0 Å². The molecule has 0 radical (unpaired) electrons. The van der Waals surface area contributed by atoms with Crippen LogP contribution in [0.2, 0.25) is 0 Å². The molecule has 2 heterocycles. The third kappa shape index (κ3) is 2.03. The Bertz CT molecular complexity index is 346. The van der Waals surface area contributed by atoms with Crippen LogP contribution in [-0.2, 0) is 11.2 Å². The molecule has 1 aromatic rings. The van der Waals surface area contributed by atoms with Gasteiger partial charge < -0.3 is 4.90 Å². The topological polar surface area (TPSA) is 49.0 Å². The van der Waals surface area contributed by atoms with Gasteiger partial charge in [-0.15, -0.1) is 0 Å². The van der Waals surface area contributed by atoms with Gasteiger partial charge in [-0.05, 0) is 32.3 Å². The zero-order valence-electron chi connectivity index (χ0n) is 9.34. The van der Waals surface area contributed by atoms with Crippen molar-refractivity contribution in [2.45, 2.75) is 33.1 Å². The maximum absolute atomic E-state index is 11.6. The van der Waals surface area contributed by atoms with E-state index in [1.165, 1.54) is 5.56 Å². The smallest absolute Gasteiger partial charge is 0.222 e. The summed E-state index contributed by atoms with van der Waals surface area (Å²) >= 11 is 0. The SMILES string of the molecule is Cc1n[nH]c(C)c1CCC(=O)N1CCC1. The minimum Gasteiger partial charge on any atom is -0.343 e. The van der Waals surface area contributed by atoms with Crippen LogP contribution in [0.1, 0.15) is 29.8 Å². The van der Waals surface area contributed by atoms with E-state index in [0.29, 0.717) is 6.42 Å². The van der Waals surface area contributed by atoms with Gasteiger partial charge >= 0.3 is 0 Å². The van der Waals surface area contributed by atoms with Gasteiger partial charge in [-0.25, -0.2) is 0 Å². The monoisotopic (exact) mass is 207 g/mol. The largest absolute Gasteiger partial charge is 0.343 e. The Morgan fingerprint density at radius 3 is 2.67 bits per heavy atom. The summed E-state index contributed by atoms with van der Waals surface area (Å²) < 4.78 is 0. The lowest BCUT2D eigenvalue weighted by atomic mass is 10.1. The molecule has 1 aliphatic heterocycles. The predicted octanol–water partition coefficient (Wildman–Crippen LogP) is 1.19. The highest BCUT2D eigenvalue weighted by atomic mass is 16.2. The quantitative estimate of drug-likeness (QED) is 0.809. The minimum absolute atomic E-state index is 0.279. The summed E-state index contributed by atoms with van der Waals surface area (Å²) in [6.45, 7) is 5.88. The van der Waals surface area contributed by atoms with E-state index in [0.717, 1.165) is 37.3 Å². The molecule has 1 N–H and O–H groups in total. The Balaban J connectivity index is 1.89. The summed E-state index contributed by atoms with van der Waals surface area (Å²) in [6, 6.07) is 0. The Labute approximate surface area is 89.7 Å². The summed E-state index contributed by atoms with van der Waals surface area (Å²) in [5, 5.41) is 7.07. The van der Waals surface area contributed by atoms with Crippen LogP contribution in [-0.4, -0.2) is 34.1 Å². The van der Waals surface area contributed by atoms with Crippen molar-refractivity contribution in [2.24, 2.45) is 0 Å². The maximum atomic E-state index is 11.6. The number of likely N-dealkylation sites (tertiary alicyclic amines) is 1. The van der Waals surface area contributed by atoms with Crippen molar-refractivity contribution >= 4 is 5.91 Å². The molecule has 0 bridgehead atoms. The molecule has 1 aliphatic rings. The van der Waals surface area contributed by atoms with Crippen molar-refractivity contribution in [2.75, 3.05) is 13.1 Å². The molecule has 0 spiro atoms. The number of rotatable bonds is 3. The fourth-order valence-electron chi connectivity index (χ4n) is 1.90. The van der Waals surface area contributed by atoms with Crippen LogP contribution in [0.25, 0.3) is 0 Å². The predicted molar refractivity (Wildman–Crippen MR) is 57.6 cm³/mol. The number of carbonyl (C=O) groups is 1. The third-order valence-corrected chi connectivity index (χ3v) is 3.08. The molecule has 0 atom stereocenters. The molecule has 0 aromatic carbocycles. The van der Waals surface area contributed by atoms with Gasteiger partial charge in [0, 0.05) is 25.2 Å². The highest BCUT2D eigenvalue weighted by Crippen LogP contribution is 2.14. The van der Waals surface area contributed by atoms with E-state index >= 15 is 0 Å². The van der Waals surface area contributed by atoms with Gasteiger partial charge in [0.2, 0.25) is 5.91 Å². The molecule has 4 nitrogen and oxygen atoms in total. The van der Waals surface area contributed by atoms with E-state index in [9.17, 15) is 4.79 Å². The number of aromatic nitrogens is 2. The average Bonchev–Trinajstić information content (AvgIpc) is 2.41. The second-order valence-corrected chi connectivity index (χ2v) is 4.15. The third-order valence-electron chi connectivity index (χ3n) is 3.08. The van der Waals surface area contributed by atoms with Crippen LogP contribution in [0.15, 0.2) is 0 Å². The Morgan fingerprint density at radius 1 is 1.47 bits per heavy atom. The Morgan fingerprint density at radius 2 is 2.20 bits per heavy atom. The molecule has 1 amide bonds. The Kier molecular flexibility index (Phi) is 2.75. The molecule has 15 heavy (non-hydrogen) atoms. The Hall–Kier alpha value is -1.32. The number of amides is 1. The average molecular weight is 207 g/mol. The maximum Gasteiger partial charge on any atom is 0.222 e. The van der Waals surface area contributed by atoms with Crippen LogP contribution < -0.4 is 0 Å². The molecule has 1 fully saturated rings. The van der Waals surface area contributed by atoms with Crippen molar-refractivity contribution in [1.29, 1.82) is 0 Å². The summed E-state index contributed by atoms with van der Waals surface area (Å²) in [7, 11) is 0. The number of nitrogens with one attached hydrogen (secondary N) is 1. The molecule has 4 heteroatoms. The zero-order valence-corrected chi connectivity index (χ0v) is 9.34. The number of nitrogens with zero attached hydrogens (tertiary/aromatic N) is 2. The first-order valence-electron chi connectivity index (χ1n) is 5.46. The van der Waals surface area contributed by atoms with Gasteiger partial charge in [-0.1, -0.05) is 0 Å². The highest BCUT2D eigenvalue weighted by Gasteiger charge is 2.20. The first-order valence-corrected chi connectivity index (χ1v) is 5.46. The molecule has 1 saturated heterocycles. The lowest BCUT2D eigenvalue weighted by Crippen LogP contribution is -2.42. The van der Waals surface area contributed by atoms with E-state index in [1.807, 2.05) is 18.7 Å². The summed E-state index contributed by atoms with van der Waals surface area (Å²) in [5.74, 6) is 0.279. The second kappa shape index (κ2) is 4.04. The summed E-state index contributed by atoms with van der Waals surface area (Å²) in [5.41, 5.74) is 3.30. The lowest BCUT2D eigenvalue weighted by molar-refractivity contribution is -0.134. The van der Waals surface area contributed by atoms with Gasteiger partial charge in [0.25, 0.3) is 0 Å². The van der Waals surface area contributed by atoms with E-state index < -0.39 is 0 Å². The molecule has 0 unspecified atom stereocenters. The van der Waals surface area contributed by atoms with Crippen molar-refractivity contribution < 1.29 is 4.79 Å². The lowest BCUT2D eigenvalue weighted by Gasteiger charge is -2.30. The fourth-order valence-corrected chi connectivity index (χ4v) is 1.90. The van der Waals surface area contributed by atoms with Gasteiger partial charge in [0.1, 0.15) is 0 Å². The minimum atomic E-state index is 0.279.